The van der Waals surface area contributed by atoms with E-state index in [1.807, 2.05) is 17.8 Å². The van der Waals surface area contributed by atoms with Gasteiger partial charge < -0.3 is 17.0 Å². The van der Waals surface area contributed by atoms with E-state index in [1.54, 1.807) is 0 Å². The molecule has 0 saturated heterocycles. The molecule has 0 unspecified atom stereocenters. The van der Waals surface area contributed by atoms with Crippen molar-refractivity contribution in [2.75, 3.05) is 5.75 Å². The van der Waals surface area contributed by atoms with Gasteiger partial charge in [-0.1, -0.05) is 30.3 Å². The van der Waals surface area contributed by atoms with Gasteiger partial charge in [0.2, 0.25) is 5.69 Å². The van der Waals surface area contributed by atoms with E-state index >= 15 is 0 Å². The maximum atomic E-state index is 3.51. The van der Waals surface area contributed by atoms with Gasteiger partial charge in [0, 0.05) is 11.6 Å². The Kier molecular flexibility index (Phi) is 4.02. The fourth-order valence-electron chi connectivity index (χ4n) is 1.84. The lowest BCUT2D eigenvalue weighted by atomic mass is 10.1. The summed E-state index contributed by atoms with van der Waals surface area (Å²) in [7, 11) is 0. The second-order valence-electron chi connectivity index (χ2n) is 3.75. The minimum absolute atomic E-state index is 0. The van der Waals surface area contributed by atoms with Crippen LogP contribution in [0.1, 0.15) is 5.56 Å². The van der Waals surface area contributed by atoms with Gasteiger partial charge in [-0.25, -0.2) is 4.99 Å². The molecule has 3 heteroatoms. The first kappa shape index (κ1) is 12.4. The molecule has 0 spiro atoms. The Hall–Kier alpha value is -1.06. The maximum Gasteiger partial charge on any atom is 0.217 e. The van der Waals surface area contributed by atoms with Crippen LogP contribution in [0, 0.1) is 0 Å². The number of para-hydroxylation sites is 1. The highest BCUT2D eigenvalue weighted by Gasteiger charge is 2.19. The molecule has 3 rings (SSSR count). The zero-order valence-electron chi connectivity index (χ0n) is 9.19. The summed E-state index contributed by atoms with van der Waals surface area (Å²) in [6, 6.07) is 19.0. The van der Waals surface area contributed by atoms with Crippen molar-refractivity contribution in [3.8, 4) is 0 Å². The summed E-state index contributed by atoms with van der Waals surface area (Å²) < 4.78 is 0. The third-order valence-electron chi connectivity index (χ3n) is 2.67. The highest BCUT2D eigenvalue weighted by molar-refractivity contribution is 8.00. The SMILES string of the molecule is [Br-].c1ccc(C2=[NH+]c3ccccc3SC2)cc1. The molecule has 0 radical (unpaired) electrons. The fraction of sp³-hybridized carbons (Fsp3) is 0.0714. The van der Waals surface area contributed by atoms with Crippen LogP contribution in [0.3, 0.4) is 0 Å². The number of thioether (sulfide) groups is 1. The predicted octanol–water partition coefficient (Wildman–Crippen LogP) is -1.00. The van der Waals surface area contributed by atoms with Crippen LogP contribution >= 0.6 is 11.8 Å². The van der Waals surface area contributed by atoms with Crippen LogP contribution in [-0.4, -0.2) is 11.5 Å². The molecule has 0 saturated carbocycles. The summed E-state index contributed by atoms with van der Waals surface area (Å²) >= 11 is 1.89. The van der Waals surface area contributed by atoms with Crippen LogP contribution in [0.25, 0.3) is 0 Å². The van der Waals surface area contributed by atoms with Crippen LogP contribution in [-0.2, 0) is 0 Å². The molecular weight excluding hydrogens is 294 g/mol. The van der Waals surface area contributed by atoms with Crippen molar-refractivity contribution in [2.45, 2.75) is 4.90 Å². The lowest BCUT2D eigenvalue weighted by Gasteiger charge is -2.08. The Morgan fingerprint density at radius 2 is 1.59 bits per heavy atom. The molecule has 86 valence electrons. The molecule has 2 aromatic rings. The monoisotopic (exact) mass is 305 g/mol. The van der Waals surface area contributed by atoms with Gasteiger partial charge in [0.15, 0.2) is 5.71 Å². The van der Waals surface area contributed by atoms with E-state index in [1.165, 1.54) is 21.9 Å². The summed E-state index contributed by atoms with van der Waals surface area (Å²) in [5.74, 6) is 1.01. The van der Waals surface area contributed by atoms with E-state index in [0.717, 1.165) is 5.75 Å². The van der Waals surface area contributed by atoms with Gasteiger partial charge in [0.05, 0.1) is 10.6 Å². The molecule has 0 aromatic heterocycles. The van der Waals surface area contributed by atoms with Gasteiger partial charge in [-0.05, 0) is 18.2 Å². The van der Waals surface area contributed by atoms with Crippen molar-refractivity contribution in [1.29, 1.82) is 0 Å². The Morgan fingerprint density at radius 1 is 0.882 bits per heavy atom. The molecule has 0 amide bonds. The first-order chi connectivity index (χ1) is 7.93. The van der Waals surface area contributed by atoms with E-state index in [4.69, 9.17) is 0 Å². The highest BCUT2D eigenvalue weighted by Crippen LogP contribution is 2.26. The van der Waals surface area contributed by atoms with Crippen molar-refractivity contribution in [3.63, 3.8) is 0 Å². The van der Waals surface area contributed by atoms with Gasteiger partial charge in [0.1, 0.15) is 0 Å². The topological polar surface area (TPSA) is 14.0 Å². The molecule has 17 heavy (non-hydrogen) atoms. The second-order valence-corrected chi connectivity index (χ2v) is 4.77. The number of benzene rings is 2. The molecule has 1 nitrogen and oxygen atoms in total. The molecule has 0 atom stereocenters. The first-order valence-corrected chi connectivity index (χ1v) is 6.32. The molecule has 2 aromatic carbocycles. The van der Waals surface area contributed by atoms with E-state index in [2.05, 4.69) is 53.5 Å². The van der Waals surface area contributed by atoms with Crippen LogP contribution in [0.2, 0.25) is 0 Å². The fourth-order valence-corrected chi connectivity index (χ4v) is 2.83. The van der Waals surface area contributed by atoms with Crippen LogP contribution in [0.4, 0.5) is 5.69 Å². The molecule has 1 N–H and O–H groups in total. The van der Waals surface area contributed by atoms with Gasteiger partial charge in [-0.15, -0.1) is 11.8 Å². The number of hydrogen-bond donors (Lipinski definition) is 1. The third kappa shape index (κ3) is 2.61. The van der Waals surface area contributed by atoms with Crippen molar-refractivity contribution in [3.05, 3.63) is 60.2 Å². The van der Waals surface area contributed by atoms with Crippen molar-refractivity contribution in [1.82, 2.24) is 0 Å². The third-order valence-corrected chi connectivity index (χ3v) is 3.77. The Bertz CT molecular complexity index is 537. The lowest BCUT2D eigenvalue weighted by Crippen LogP contribution is -3.00. The molecule has 1 aliphatic heterocycles. The molecule has 1 aliphatic rings. The Balaban J connectivity index is 0.00000108. The average Bonchev–Trinajstić information content (AvgIpc) is 2.39. The quantitative estimate of drug-likeness (QED) is 0.714. The van der Waals surface area contributed by atoms with Crippen LogP contribution in [0.15, 0.2) is 59.5 Å². The normalized spacial score (nSPS) is 13.3. The maximum absolute atomic E-state index is 3.51. The number of rotatable bonds is 1. The minimum atomic E-state index is 0. The van der Waals surface area contributed by atoms with Crippen LogP contribution < -0.4 is 22.0 Å². The smallest absolute Gasteiger partial charge is 0.217 e. The largest absolute Gasteiger partial charge is 1.00 e. The van der Waals surface area contributed by atoms with Crippen LogP contribution in [0.5, 0.6) is 0 Å². The van der Waals surface area contributed by atoms with Crippen molar-refractivity contribution >= 4 is 23.2 Å². The van der Waals surface area contributed by atoms with E-state index in [9.17, 15) is 0 Å². The van der Waals surface area contributed by atoms with Gasteiger partial charge in [-0.3, -0.25) is 0 Å². The van der Waals surface area contributed by atoms with Crippen molar-refractivity contribution < 1.29 is 22.0 Å². The average molecular weight is 306 g/mol. The molecule has 0 aliphatic carbocycles. The zero-order chi connectivity index (χ0) is 10.8. The number of fused-ring (bicyclic) bond motifs is 1. The standard InChI is InChI=1S/C14H11NS.BrH/c1-2-6-11(7-3-1)13-10-16-14-9-5-4-8-12(14)15-13;/h1-9H,10H2;1H. The Labute approximate surface area is 116 Å². The minimum Gasteiger partial charge on any atom is -1.00 e. The van der Waals surface area contributed by atoms with Gasteiger partial charge in [-0.2, -0.15) is 0 Å². The lowest BCUT2D eigenvalue weighted by molar-refractivity contribution is -0.357. The molecule has 0 fully saturated rings. The first-order valence-electron chi connectivity index (χ1n) is 5.33. The summed E-state index contributed by atoms with van der Waals surface area (Å²) in [5, 5.41) is 0. The van der Waals surface area contributed by atoms with Gasteiger partial charge in [0.25, 0.3) is 0 Å². The summed E-state index contributed by atoms with van der Waals surface area (Å²) in [5.41, 5.74) is 3.80. The predicted molar refractivity (Wildman–Crippen MR) is 68.3 cm³/mol. The summed E-state index contributed by atoms with van der Waals surface area (Å²) in [6.45, 7) is 0. The van der Waals surface area contributed by atoms with Gasteiger partial charge >= 0.3 is 0 Å². The highest BCUT2D eigenvalue weighted by atomic mass is 79.9. The molecular formula is C14H12BrNS. The summed E-state index contributed by atoms with van der Waals surface area (Å²) in [4.78, 5) is 4.84. The van der Waals surface area contributed by atoms with E-state index in [-0.39, 0.29) is 17.0 Å². The number of nitrogens with one attached hydrogen (secondary N) is 1. The number of halogens is 1. The molecule has 0 bridgehead atoms. The van der Waals surface area contributed by atoms with E-state index < -0.39 is 0 Å². The zero-order valence-corrected chi connectivity index (χ0v) is 11.6. The summed E-state index contributed by atoms with van der Waals surface area (Å²) in [6.07, 6.45) is 0. The molecule has 1 heterocycles. The van der Waals surface area contributed by atoms with E-state index in [0.29, 0.717) is 0 Å². The Morgan fingerprint density at radius 3 is 2.41 bits per heavy atom. The second kappa shape index (κ2) is 5.52. The van der Waals surface area contributed by atoms with Crippen molar-refractivity contribution in [2.24, 2.45) is 0 Å². The number of hydrogen-bond acceptors (Lipinski definition) is 1.